The minimum atomic E-state index is -0.953. The summed E-state index contributed by atoms with van der Waals surface area (Å²) in [6.07, 6.45) is 0.104. The summed E-state index contributed by atoms with van der Waals surface area (Å²) in [5, 5.41) is 9.93. The topological polar surface area (TPSA) is 75.8 Å². The van der Waals surface area contributed by atoms with Crippen LogP contribution in [0.3, 0.4) is 0 Å². The molecule has 0 aliphatic carbocycles. The molecule has 1 aromatic carbocycles. The third-order valence-corrected chi connectivity index (χ3v) is 3.18. The second-order valence-corrected chi connectivity index (χ2v) is 4.64. The Labute approximate surface area is 106 Å². The van der Waals surface area contributed by atoms with Crippen molar-refractivity contribution in [2.45, 2.75) is 18.6 Å². The molecule has 0 aromatic heterocycles. The van der Waals surface area contributed by atoms with E-state index in [1.807, 2.05) is 30.3 Å². The van der Waals surface area contributed by atoms with Crippen LogP contribution in [-0.4, -0.2) is 41.3 Å². The van der Waals surface area contributed by atoms with Gasteiger partial charge in [0, 0.05) is 13.1 Å². The number of aliphatic hydroxyl groups is 1. The Morgan fingerprint density at radius 2 is 2.17 bits per heavy atom. The van der Waals surface area contributed by atoms with Crippen molar-refractivity contribution in [3.05, 3.63) is 35.9 Å². The van der Waals surface area contributed by atoms with Crippen LogP contribution in [0.5, 0.6) is 0 Å². The number of β-amino-alcohol motifs (C(OH)–C–C–N with tert-alkyl or cyclic N) is 1. The molecule has 1 aliphatic rings. The van der Waals surface area contributed by atoms with E-state index in [0.29, 0.717) is 13.0 Å². The van der Waals surface area contributed by atoms with E-state index in [2.05, 4.69) is 0 Å². The van der Waals surface area contributed by atoms with Crippen molar-refractivity contribution < 1.29 is 14.6 Å². The van der Waals surface area contributed by atoms with Gasteiger partial charge in [-0.3, -0.25) is 0 Å². The summed E-state index contributed by atoms with van der Waals surface area (Å²) in [4.78, 5) is 13.3. The molecule has 18 heavy (non-hydrogen) atoms. The summed E-state index contributed by atoms with van der Waals surface area (Å²) < 4.78 is 5.18. The number of carbonyl (C=O) groups is 1. The summed E-state index contributed by atoms with van der Waals surface area (Å²) in [5.74, 6) is 0. The van der Waals surface area contributed by atoms with E-state index in [0.717, 1.165) is 5.56 Å². The molecule has 1 amide bonds. The molecule has 1 heterocycles. The monoisotopic (exact) mass is 250 g/mol. The van der Waals surface area contributed by atoms with Crippen molar-refractivity contribution in [3.63, 3.8) is 0 Å². The Hall–Kier alpha value is -1.59. The van der Waals surface area contributed by atoms with Gasteiger partial charge in [-0.2, -0.15) is 0 Å². The molecule has 1 aromatic rings. The number of amides is 1. The molecule has 0 unspecified atom stereocenters. The van der Waals surface area contributed by atoms with Crippen molar-refractivity contribution in [1.82, 2.24) is 4.90 Å². The lowest BCUT2D eigenvalue weighted by Gasteiger charge is -2.21. The van der Waals surface area contributed by atoms with E-state index < -0.39 is 11.7 Å². The summed E-state index contributed by atoms with van der Waals surface area (Å²) >= 11 is 0. The van der Waals surface area contributed by atoms with Crippen molar-refractivity contribution >= 4 is 6.09 Å². The lowest BCUT2D eigenvalue weighted by molar-refractivity contribution is 0.0508. The zero-order valence-electron chi connectivity index (χ0n) is 10.2. The number of benzene rings is 1. The van der Waals surface area contributed by atoms with Gasteiger partial charge in [0.1, 0.15) is 6.61 Å². The van der Waals surface area contributed by atoms with E-state index >= 15 is 0 Å². The Balaban J connectivity index is 1.83. The highest BCUT2D eigenvalue weighted by Crippen LogP contribution is 2.20. The van der Waals surface area contributed by atoms with Gasteiger partial charge in [0.2, 0.25) is 0 Å². The Kier molecular flexibility index (Phi) is 3.84. The minimum absolute atomic E-state index is 0.162. The highest BCUT2D eigenvalue weighted by atomic mass is 16.6. The maximum Gasteiger partial charge on any atom is 0.410 e. The molecule has 0 spiro atoms. The summed E-state index contributed by atoms with van der Waals surface area (Å²) in [7, 11) is 0. The highest BCUT2D eigenvalue weighted by Gasteiger charge is 2.37. The summed E-state index contributed by atoms with van der Waals surface area (Å²) in [6.45, 7) is 1.14. The molecule has 1 fully saturated rings. The molecule has 0 saturated carbocycles. The first-order valence-corrected chi connectivity index (χ1v) is 6.01. The molecule has 1 saturated heterocycles. The van der Waals surface area contributed by atoms with Gasteiger partial charge in [-0.1, -0.05) is 30.3 Å². The number of hydrogen-bond donors (Lipinski definition) is 2. The Morgan fingerprint density at radius 1 is 1.44 bits per heavy atom. The molecular formula is C13H18N2O3. The van der Waals surface area contributed by atoms with Crippen molar-refractivity contribution in [1.29, 1.82) is 0 Å². The number of ether oxygens (including phenoxy) is 1. The van der Waals surface area contributed by atoms with Gasteiger partial charge in [-0.05, 0) is 12.0 Å². The lowest BCUT2D eigenvalue weighted by atomic mass is 10.0. The molecule has 1 atom stereocenters. The molecule has 0 radical (unpaired) electrons. The van der Waals surface area contributed by atoms with E-state index in [1.54, 1.807) is 0 Å². The number of nitrogens with zero attached hydrogens (tertiary/aromatic N) is 1. The Bertz CT molecular complexity index is 410. The third kappa shape index (κ3) is 3.00. The first kappa shape index (κ1) is 12.9. The van der Waals surface area contributed by atoms with E-state index in [1.165, 1.54) is 4.90 Å². The van der Waals surface area contributed by atoms with Gasteiger partial charge in [0.05, 0.1) is 12.1 Å². The predicted octanol–water partition coefficient (Wildman–Crippen LogP) is 0.719. The van der Waals surface area contributed by atoms with Gasteiger partial charge in [0.25, 0.3) is 0 Å². The summed E-state index contributed by atoms with van der Waals surface area (Å²) in [5.41, 5.74) is 5.46. The zero-order chi connectivity index (χ0) is 13.0. The van der Waals surface area contributed by atoms with Crippen LogP contribution in [-0.2, 0) is 11.3 Å². The van der Waals surface area contributed by atoms with Gasteiger partial charge < -0.3 is 20.5 Å². The van der Waals surface area contributed by atoms with Crippen molar-refractivity contribution in [3.8, 4) is 0 Å². The fourth-order valence-electron chi connectivity index (χ4n) is 1.99. The van der Waals surface area contributed by atoms with E-state index in [-0.39, 0.29) is 19.7 Å². The van der Waals surface area contributed by atoms with Crippen molar-refractivity contribution in [2.24, 2.45) is 5.73 Å². The molecule has 1 aliphatic heterocycles. The number of hydrogen-bond acceptors (Lipinski definition) is 4. The number of nitrogens with two attached hydrogens (primary N) is 1. The van der Waals surface area contributed by atoms with Crippen LogP contribution < -0.4 is 5.73 Å². The SMILES string of the molecule is NC[C@@]1(O)CCN(C(=O)OCc2ccccc2)C1. The second kappa shape index (κ2) is 5.37. The zero-order valence-corrected chi connectivity index (χ0v) is 10.2. The predicted molar refractivity (Wildman–Crippen MR) is 66.8 cm³/mol. The second-order valence-electron chi connectivity index (χ2n) is 4.64. The number of likely N-dealkylation sites (tertiary alicyclic amines) is 1. The van der Waals surface area contributed by atoms with Gasteiger partial charge in [-0.25, -0.2) is 4.79 Å². The van der Waals surface area contributed by atoms with Crippen LogP contribution in [0, 0.1) is 0 Å². The first-order chi connectivity index (χ1) is 8.63. The standard InChI is InChI=1S/C13H18N2O3/c14-9-13(17)6-7-15(10-13)12(16)18-8-11-4-2-1-3-5-11/h1-5,17H,6-10,14H2/t13-/m0/s1. The molecule has 98 valence electrons. The summed E-state index contributed by atoms with van der Waals surface area (Å²) in [6, 6.07) is 9.49. The molecule has 3 N–H and O–H groups in total. The van der Waals surface area contributed by atoms with Crippen molar-refractivity contribution in [2.75, 3.05) is 19.6 Å². The average molecular weight is 250 g/mol. The lowest BCUT2D eigenvalue weighted by Crippen LogP contribution is -2.41. The fraction of sp³-hybridized carbons (Fsp3) is 0.462. The first-order valence-electron chi connectivity index (χ1n) is 6.01. The molecule has 0 bridgehead atoms. The van der Waals surface area contributed by atoms with Crippen LogP contribution in [0.2, 0.25) is 0 Å². The van der Waals surface area contributed by atoms with Crippen LogP contribution >= 0.6 is 0 Å². The van der Waals surface area contributed by atoms with Gasteiger partial charge in [-0.15, -0.1) is 0 Å². The third-order valence-electron chi connectivity index (χ3n) is 3.18. The average Bonchev–Trinajstić information content (AvgIpc) is 2.81. The molecule has 5 nitrogen and oxygen atoms in total. The van der Waals surface area contributed by atoms with Crippen LogP contribution in [0.1, 0.15) is 12.0 Å². The van der Waals surface area contributed by atoms with Gasteiger partial charge in [0.15, 0.2) is 0 Å². The van der Waals surface area contributed by atoms with Crippen LogP contribution in [0.25, 0.3) is 0 Å². The van der Waals surface area contributed by atoms with Crippen LogP contribution in [0.15, 0.2) is 30.3 Å². The largest absolute Gasteiger partial charge is 0.445 e. The maximum absolute atomic E-state index is 11.8. The van der Waals surface area contributed by atoms with E-state index in [9.17, 15) is 9.90 Å². The Morgan fingerprint density at radius 3 is 2.78 bits per heavy atom. The van der Waals surface area contributed by atoms with E-state index in [4.69, 9.17) is 10.5 Å². The minimum Gasteiger partial charge on any atom is -0.445 e. The number of rotatable bonds is 3. The number of carbonyl (C=O) groups excluding carboxylic acids is 1. The van der Waals surface area contributed by atoms with Gasteiger partial charge >= 0.3 is 6.09 Å². The fourth-order valence-corrected chi connectivity index (χ4v) is 1.99. The molecule has 2 rings (SSSR count). The molecule has 5 heteroatoms. The smallest absolute Gasteiger partial charge is 0.410 e. The maximum atomic E-state index is 11.8. The highest BCUT2D eigenvalue weighted by molar-refractivity contribution is 5.68. The molecular weight excluding hydrogens is 232 g/mol. The normalized spacial score (nSPS) is 23.1. The quantitative estimate of drug-likeness (QED) is 0.828. The van der Waals surface area contributed by atoms with Crippen LogP contribution in [0.4, 0.5) is 4.79 Å².